The Labute approximate surface area is 146 Å². The zero-order valence-electron chi connectivity index (χ0n) is 13.7. The summed E-state index contributed by atoms with van der Waals surface area (Å²) in [5, 5.41) is 8.72. The predicted molar refractivity (Wildman–Crippen MR) is 91.8 cm³/mol. The molecule has 0 spiro atoms. The minimum absolute atomic E-state index is 0.150. The van der Waals surface area contributed by atoms with E-state index in [0.717, 1.165) is 38.3 Å². The Hall–Kier alpha value is -1.92. The van der Waals surface area contributed by atoms with Crippen LogP contribution in [0, 0.1) is 0 Å². The minimum atomic E-state index is 0.150. The van der Waals surface area contributed by atoms with E-state index in [2.05, 4.69) is 22.0 Å². The van der Waals surface area contributed by atoms with Gasteiger partial charge in [-0.05, 0) is 30.8 Å². The molecule has 1 amide bonds. The number of aryl methyl sites for hydroxylation is 1. The van der Waals surface area contributed by atoms with Crippen LogP contribution in [0.3, 0.4) is 0 Å². The van der Waals surface area contributed by atoms with E-state index in [-0.39, 0.29) is 5.91 Å². The maximum Gasteiger partial charge on any atom is 0.247 e. The number of carbonyl (C=O) groups is 1. The topological polar surface area (TPSA) is 62.5 Å². The molecular formula is C17H21ClN4O2. The van der Waals surface area contributed by atoms with Crippen molar-refractivity contribution in [1.82, 2.24) is 20.0 Å². The second kappa shape index (κ2) is 7.77. The fourth-order valence-electron chi connectivity index (χ4n) is 2.75. The van der Waals surface area contributed by atoms with Crippen LogP contribution in [0.4, 0.5) is 0 Å². The molecule has 0 bridgehead atoms. The van der Waals surface area contributed by atoms with Gasteiger partial charge in [-0.1, -0.05) is 18.5 Å². The molecule has 1 aromatic carbocycles. The van der Waals surface area contributed by atoms with Crippen LogP contribution in [0.25, 0.3) is 11.5 Å². The lowest BCUT2D eigenvalue weighted by molar-refractivity contribution is -0.132. The third-order valence-electron chi connectivity index (χ3n) is 4.28. The van der Waals surface area contributed by atoms with Crippen LogP contribution < -0.4 is 0 Å². The standard InChI is InChI=1S/C17H21ClN4O2/c1-2-21-9-11-22(12-10-21)16(23)8-7-15-19-20-17(24-15)13-3-5-14(18)6-4-13/h3-6H,2,7-12H2,1H3. The van der Waals surface area contributed by atoms with Gasteiger partial charge in [0.15, 0.2) is 0 Å². The Morgan fingerprint density at radius 2 is 1.88 bits per heavy atom. The lowest BCUT2D eigenvalue weighted by Gasteiger charge is -2.34. The number of benzene rings is 1. The van der Waals surface area contributed by atoms with Gasteiger partial charge in [0.2, 0.25) is 17.7 Å². The number of rotatable bonds is 5. The molecule has 2 aromatic rings. The van der Waals surface area contributed by atoms with Gasteiger partial charge in [0, 0.05) is 49.6 Å². The Balaban J connectivity index is 1.52. The number of carbonyl (C=O) groups excluding carboxylic acids is 1. The summed E-state index contributed by atoms with van der Waals surface area (Å²) < 4.78 is 5.64. The third-order valence-corrected chi connectivity index (χ3v) is 4.53. The molecule has 7 heteroatoms. The van der Waals surface area contributed by atoms with E-state index in [0.29, 0.717) is 29.6 Å². The van der Waals surface area contributed by atoms with Crippen molar-refractivity contribution >= 4 is 17.5 Å². The summed E-state index contributed by atoms with van der Waals surface area (Å²) in [6, 6.07) is 7.22. The summed E-state index contributed by atoms with van der Waals surface area (Å²) in [6.45, 7) is 6.68. The molecule has 0 atom stereocenters. The van der Waals surface area contributed by atoms with Crippen LogP contribution in [0.2, 0.25) is 5.02 Å². The molecule has 0 aliphatic carbocycles. The molecule has 1 aromatic heterocycles. The molecule has 24 heavy (non-hydrogen) atoms. The Morgan fingerprint density at radius 1 is 1.17 bits per heavy atom. The number of nitrogens with zero attached hydrogens (tertiary/aromatic N) is 4. The van der Waals surface area contributed by atoms with Gasteiger partial charge in [0.25, 0.3) is 0 Å². The smallest absolute Gasteiger partial charge is 0.247 e. The number of aromatic nitrogens is 2. The Kier molecular flexibility index (Phi) is 5.48. The van der Waals surface area contributed by atoms with Crippen molar-refractivity contribution in [2.75, 3.05) is 32.7 Å². The largest absolute Gasteiger partial charge is 0.421 e. The fraction of sp³-hybridized carbons (Fsp3) is 0.471. The first-order valence-corrected chi connectivity index (χ1v) is 8.62. The van der Waals surface area contributed by atoms with Crippen LogP contribution in [0.5, 0.6) is 0 Å². The van der Waals surface area contributed by atoms with Crippen molar-refractivity contribution in [1.29, 1.82) is 0 Å². The van der Waals surface area contributed by atoms with Gasteiger partial charge in [0.05, 0.1) is 0 Å². The molecule has 1 saturated heterocycles. The first-order valence-electron chi connectivity index (χ1n) is 8.24. The molecule has 0 N–H and O–H groups in total. The molecule has 2 heterocycles. The van der Waals surface area contributed by atoms with Crippen molar-refractivity contribution < 1.29 is 9.21 Å². The molecule has 6 nitrogen and oxygen atoms in total. The minimum Gasteiger partial charge on any atom is -0.421 e. The molecule has 0 unspecified atom stereocenters. The summed E-state index contributed by atoms with van der Waals surface area (Å²) in [5.74, 6) is 1.09. The van der Waals surface area contributed by atoms with Crippen LogP contribution in [0.1, 0.15) is 19.2 Å². The van der Waals surface area contributed by atoms with Gasteiger partial charge in [-0.25, -0.2) is 0 Å². The van der Waals surface area contributed by atoms with Gasteiger partial charge in [0.1, 0.15) is 0 Å². The highest BCUT2D eigenvalue weighted by Crippen LogP contribution is 2.20. The quantitative estimate of drug-likeness (QED) is 0.830. The van der Waals surface area contributed by atoms with Crippen LogP contribution in [0.15, 0.2) is 28.7 Å². The van der Waals surface area contributed by atoms with E-state index >= 15 is 0 Å². The Bertz CT molecular complexity index is 678. The molecule has 1 aliphatic heterocycles. The Morgan fingerprint density at radius 3 is 2.54 bits per heavy atom. The fourth-order valence-corrected chi connectivity index (χ4v) is 2.88. The van der Waals surface area contributed by atoms with E-state index in [1.165, 1.54) is 0 Å². The van der Waals surface area contributed by atoms with E-state index in [1.807, 2.05) is 17.0 Å². The number of amides is 1. The third kappa shape index (κ3) is 4.13. The van der Waals surface area contributed by atoms with Crippen LogP contribution >= 0.6 is 11.6 Å². The lowest BCUT2D eigenvalue weighted by atomic mass is 10.2. The highest BCUT2D eigenvalue weighted by molar-refractivity contribution is 6.30. The average Bonchev–Trinajstić information content (AvgIpc) is 3.09. The molecule has 3 rings (SSSR count). The normalized spacial score (nSPS) is 15.7. The van der Waals surface area contributed by atoms with E-state index in [1.54, 1.807) is 12.1 Å². The second-order valence-electron chi connectivity index (χ2n) is 5.82. The SMILES string of the molecule is CCN1CCN(C(=O)CCc2nnc(-c3ccc(Cl)cc3)o2)CC1. The molecule has 1 aliphatic rings. The second-order valence-corrected chi connectivity index (χ2v) is 6.26. The summed E-state index contributed by atoms with van der Waals surface area (Å²) >= 11 is 5.87. The molecule has 0 radical (unpaired) electrons. The molecule has 0 saturated carbocycles. The van der Waals surface area contributed by atoms with Crippen molar-refractivity contribution in [3.8, 4) is 11.5 Å². The molecule has 128 valence electrons. The summed E-state index contributed by atoms with van der Waals surface area (Å²) in [7, 11) is 0. The predicted octanol–water partition coefficient (Wildman–Crippen LogP) is 2.49. The van der Waals surface area contributed by atoms with Crippen molar-refractivity contribution in [2.24, 2.45) is 0 Å². The van der Waals surface area contributed by atoms with Gasteiger partial charge >= 0.3 is 0 Å². The summed E-state index contributed by atoms with van der Waals surface area (Å²) in [6.07, 6.45) is 0.863. The van der Waals surface area contributed by atoms with Gasteiger partial charge < -0.3 is 14.2 Å². The van der Waals surface area contributed by atoms with Gasteiger partial charge in [-0.2, -0.15) is 0 Å². The number of likely N-dealkylation sites (N-methyl/N-ethyl adjacent to an activating group) is 1. The average molecular weight is 349 g/mol. The monoisotopic (exact) mass is 348 g/mol. The zero-order valence-corrected chi connectivity index (χ0v) is 14.5. The van der Waals surface area contributed by atoms with Gasteiger partial charge in [-0.3, -0.25) is 4.79 Å². The molecular weight excluding hydrogens is 328 g/mol. The first-order chi connectivity index (χ1) is 11.7. The summed E-state index contributed by atoms with van der Waals surface area (Å²) in [4.78, 5) is 16.6. The number of halogens is 1. The lowest BCUT2D eigenvalue weighted by Crippen LogP contribution is -2.48. The summed E-state index contributed by atoms with van der Waals surface area (Å²) in [5.41, 5.74) is 0.820. The number of hydrogen-bond donors (Lipinski definition) is 0. The van der Waals surface area contributed by atoms with E-state index in [4.69, 9.17) is 16.0 Å². The van der Waals surface area contributed by atoms with Crippen molar-refractivity contribution in [3.05, 3.63) is 35.2 Å². The highest BCUT2D eigenvalue weighted by Gasteiger charge is 2.20. The van der Waals surface area contributed by atoms with Gasteiger partial charge in [-0.15, -0.1) is 10.2 Å². The maximum atomic E-state index is 12.3. The first kappa shape index (κ1) is 16.9. The van der Waals surface area contributed by atoms with E-state index in [9.17, 15) is 4.79 Å². The van der Waals surface area contributed by atoms with Crippen molar-refractivity contribution in [3.63, 3.8) is 0 Å². The van der Waals surface area contributed by atoms with Crippen molar-refractivity contribution in [2.45, 2.75) is 19.8 Å². The van der Waals surface area contributed by atoms with Crippen LogP contribution in [-0.2, 0) is 11.2 Å². The number of piperazine rings is 1. The number of hydrogen-bond acceptors (Lipinski definition) is 5. The zero-order chi connectivity index (χ0) is 16.9. The highest BCUT2D eigenvalue weighted by atomic mass is 35.5. The van der Waals surface area contributed by atoms with Crippen LogP contribution in [-0.4, -0.2) is 58.6 Å². The maximum absolute atomic E-state index is 12.3. The molecule has 1 fully saturated rings. The van der Waals surface area contributed by atoms with E-state index < -0.39 is 0 Å².